The Balaban J connectivity index is 0.00000145. The van der Waals surface area contributed by atoms with Crippen molar-refractivity contribution in [1.82, 2.24) is 10.5 Å². The molecule has 2 aromatic heterocycles. The maximum absolute atomic E-state index is 14.3. The highest BCUT2D eigenvalue weighted by Crippen LogP contribution is 2.36. The number of benzene rings is 1. The highest BCUT2D eigenvalue weighted by Gasteiger charge is 2.23. The molecule has 0 saturated carbocycles. The first-order chi connectivity index (χ1) is 14.0. The number of hydrogen-bond donors (Lipinski definition) is 3. The van der Waals surface area contributed by atoms with Crippen molar-refractivity contribution < 1.29 is 23.5 Å². The first kappa shape index (κ1) is 22.8. The molecule has 0 spiro atoms. The summed E-state index contributed by atoms with van der Waals surface area (Å²) in [6.07, 6.45) is 3.42. The van der Waals surface area contributed by atoms with E-state index in [1.165, 1.54) is 18.5 Å². The molecule has 0 saturated heterocycles. The van der Waals surface area contributed by atoms with E-state index in [1.54, 1.807) is 19.1 Å². The molecule has 0 aliphatic carbocycles. The van der Waals surface area contributed by atoms with E-state index < -0.39 is 11.7 Å². The Morgan fingerprint density at radius 2 is 2.10 bits per heavy atom. The van der Waals surface area contributed by atoms with Crippen LogP contribution in [0.15, 0.2) is 39.5 Å². The summed E-state index contributed by atoms with van der Waals surface area (Å²) in [5.41, 5.74) is 3.87. The summed E-state index contributed by atoms with van der Waals surface area (Å²) in [7, 11) is 0. The van der Waals surface area contributed by atoms with Crippen molar-refractivity contribution in [2.24, 2.45) is 0 Å². The number of rotatable bonds is 7. The van der Waals surface area contributed by atoms with E-state index in [0.717, 1.165) is 5.56 Å². The molecule has 1 amide bonds. The van der Waals surface area contributed by atoms with E-state index in [4.69, 9.17) is 14.4 Å². The molecule has 0 aliphatic rings. The average Bonchev–Trinajstić information content (AvgIpc) is 3.09. The van der Waals surface area contributed by atoms with Crippen LogP contribution in [-0.4, -0.2) is 29.2 Å². The van der Waals surface area contributed by atoms with Gasteiger partial charge in [-0.1, -0.05) is 19.9 Å². The minimum atomic E-state index is -0.647. The van der Waals surface area contributed by atoms with Gasteiger partial charge in [-0.15, -0.1) is 0 Å². The quantitative estimate of drug-likeness (QED) is 0.339. The lowest BCUT2D eigenvalue weighted by Crippen LogP contribution is -2.24. The van der Waals surface area contributed by atoms with Gasteiger partial charge in [0.1, 0.15) is 11.5 Å². The fraction of sp³-hybridized carbons (Fsp3) is 0.300. The molecule has 0 fully saturated rings. The van der Waals surface area contributed by atoms with Gasteiger partial charge in [-0.2, -0.15) is 0 Å². The Kier molecular flexibility index (Phi) is 8.56. The molecule has 0 radical (unpaired) electrons. The molecule has 29 heavy (non-hydrogen) atoms. The van der Waals surface area contributed by atoms with Gasteiger partial charge in [0.15, 0.2) is 5.58 Å². The maximum atomic E-state index is 14.3. The monoisotopic (exact) mass is 467 g/mol. The van der Waals surface area contributed by atoms with E-state index >= 15 is 0 Å². The highest BCUT2D eigenvalue weighted by atomic mass is 79.9. The number of fused-ring (bicyclic) bond motifs is 1. The van der Waals surface area contributed by atoms with Crippen molar-refractivity contribution in [3.63, 3.8) is 0 Å². The van der Waals surface area contributed by atoms with Crippen LogP contribution >= 0.6 is 15.9 Å². The first-order valence-electron chi connectivity index (χ1n) is 9.13. The standard InChI is InChI=1S/C18H17BrFN3O4.C2H6/c1-10-3-4-14(13(20)7-10)22-15-11-8-21-9-12(19)16(11)27-17(15)18(25)23-26-6-2-5-24;1-2/h3-4,7-9,22,24H,2,5-6H2,1H3,(H,23,25);1-2H3. The third-order valence-electron chi connectivity index (χ3n) is 3.71. The Labute approximate surface area is 176 Å². The van der Waals surface area contributed by atoms with Crippen molar-refractivity contribution in [1.29, 1.82) is 0 Å². The van der Waals surface area contributed by atoms with E-state index in [-0.39, 0.29) is 30.3 Å². The molecule has 156 valence electrons. The van der Waals surface area contributed by atoms with Crippen LogP contribution in [0, 0.1) is 12.7 Å². The first-order valence-corrected chi connectivity index (χ1v) is 9.92. The molecule has 3 N–H and O–H groups in total. The summed E-state index contributed by atoms with van der Waals surface area (Å²) in [4.78, 5) is 21.6. The Hall–Kier alpha value is -2.49. The SMILES string of the molecule is CC.Cc1ccc(Nc2c(C(=O)NOCCCO)oc3c(Br)cncc23)c(F)c1. The van der Waals surface area contributed by atoms with E-state index in [2.05, 4.69) is 31.7 Å². The molecule has 2 heterocycles. The smallest absolute Gasteiger partial charge is 0.312 e. The summed E-state index contributed by atoms with van der Waals surface area (Å²) >= 11 is 3.33. The maximum Gasteiger partial charge on any atom is 0.312 e. The Bertz CT molecular complexity index is 978. The number of pyridine rings is 1. The number of halogens is 2. The number of nitrogens with one attached hydrogen (secondary N) is 2. The number of aromatic nitrogens is 1. The number of nitrogens with zero attached hydrogens (tertiary/aromatic N) is 1. The highest BCUT2D eigenvalue weighted by molar-refractivity contribution is 9.10. The number of aliphatic hydroxyl groups excluding tert-OH is 1. The largest absolute Gasteiger partial charge is 0.447 e. The van der Waals surface area contributed by atoms with Crippen molar-refractivity contribution in [3.8, 4) is 0 Å². The van der Waals surface area contributed by atoms with E-state index in [1.807, 2.05) is 13.8 Å². The third-order valence-corrected chi connectivity index (χ3v) is 4.28. The van der Waals surface area contributed by atoms with Gasteiger partial charge in [0.25, 0.3) is 0 Å². The molecular weight excluding hydrogens is 445 g/mol. The van der Waals surface area contributed by atoms with Crippen LogP contribution in [0.3, 0.4) is 0 Å². The van der Waals surface area contributed by atoms with E-state index in [9.17, 15) is 9.18 Å². The lowest BCUT2D eigenvalue weighted by Gasteiger charge is -2.09. The molecule has 1 aromatic carbocycles. The normalized spacial score (nSPS) is 10.4. The molecule has 0 unspecified atom stereocenters. The molecule has 0 bridgehead atoms. The zero-order valence-corrected chi connectivity index (χ0v) is 18.0. The molecular formula is C20H23BrFN3O4. The topological polar surface area (TPSA) is 96.6 Å². The molecule has 0 atom stereocenters. The van der Waals surface area contributed by atoms with Crippen LogP contribution in [0.4, 0.5) is 15.8 Å². The minimum absolute atomic E-state index is 0.0569. The zero-order chi connectivity index (χ0) is 21.4. The second-order valence-electron chi connectivity index (χ2n) is 5.77. The van der Waals surface area contributed by atoms with Gasteiger partial charge in [-0.3, -0.25) is 14.6 Å². The van der Waals surface area contributed by atoms with Crippen LogP contribution in [0.1, 0.15) is 36.4 Å². The fourth-order valence-electron chi connectivity index (χ4n) is 2.42. The van der Waals surface area contributed by atoms with E-state index in [0.29, 0.717) is 21.9 Å². The summed E-state index contributed by atoms with van der Waals surface area (Å²) < 4.78 is 20.5. The number of carbonyl (C=O) groups excluding carboxylic acids is 1. The molecule has 3 aromatic rings. The van der Waals surface area contributed by atoms with Crippen molar-refractivity contribution in [3.05, 3.63) is 52.2 Å². The minimum Gasteiger partial charge on any atom is -0.447 e. The van der Waals surface area contributed by atoms with Crippen LogP contribution < -0.4 is 10.8 Å². The number of aliphatic hydroxyl groups is 1. The average molecular weight is 468 g/mol. The van der Waals surface area contributed by atoms with Crippen LogP contribution in [-0.2, 0) is 4.84 Å². The summed E-state index contributed by atoms with van der Waals surface area (Å²) in [6.45, 7) is 5.87. The van der Waals surface area contributed by atoms with Gasteiger partial charge >= 0.3 is 5.91 Å². The molecule has 7 nitrogen and oxygen atoms in total. The predicted molar refractivity (Wildman–Crippen MR) is 113 cm³/mol. The number of furan rings is 1. The summed E-state index contributed by atoms with van der Waals surface area (Å²) in [6, 6.07) is 4.71. The fourth-order valence-corrected chi connectivity index (χ4v) is 2.83. The van der Waals surface area contributed by atoms with Gasteiger partial charge in [-0.05, 0) is 47.0 Å². The van der Waals surface area contributed by atoms with Crippen molar-refractivity contribution in [2.45, 2.75) is 27.2 Å². The van der Waals surface area contributed by atoms with Gasteiger partial charge in [-0.25, -0.2) is 9.87 Å². The summed E-state index contributed by atoms with van der Waals surface area (Å²) in [5, 5.41) is 12.2. The van der Waals surface area contributed by atoms with Crippen molar-refractivity contribution >= 4 is 44.2 Å². The Morgan fingerprint density at radius 3 is 2.79 bits per heavy atom. The van der Waals surface area contributed by atoms with Gasteiger partial charge in [0.05, 0.1) is 22.2 Å². The second kappa shape index (κ2) is 10.9. The van der Waals surface area contributed by atoms with Crippen LogP contribution in [0.5, 0.6) is 0 Å². The number of anilines is 2. The zero-order valence-electron chi connectivity index (χ0n) is 16.4. The van der Waals surface area contributed by atoms with Crippen molar-refractivity contribution in [2.75, 3.05) is 18.5 Å². The number of carbonyl (C=O) groups is 1. The predicted octanol–water partition coefficient (Wildman–Crippen LogP) is 4.85. The number of hydroxylamine groups is 1. The number of aryl methyl sites for hydroxylation is 1. The number of hydrogen-bond acceptors (Lipinski definition) is 6. The molecule has 0 aliphatic heterocycles. The van der Waals surface area contributed by atoms with Gasteiger partial charge in [0.2, 0.25) is 5.76 Å². The van der Waals surface area contributed by atoms with Crippen LogP contribution in [0.2, 0.25) is 0 Å². The summed E-state index contributed by atoms with van der Waals surface area (Å²) in [5.74, 6) is -1.19. The van der Waals surface area contributed by atoms with Gasteiger partial charge in [0, 0.05) is 19.0 Å². The molecule has 9 heteroatoms. The molecule has 3 rings (SSSR count). The lowest BCUT2D eigenvalue weighted by molar-refractivity contribution is 0.0243. The van der Waals surface area contributed by atoms with Gasteiger partial charge < -0.3 is 14.8 Å². The Morgan fingerprint density at radius 1 is 1.34 bits per heavy atom. The lowest BCUT2D eigenvalue weighted by atomic mass is 10.2. The number of amides is 1. The third kappa shape index (κ3) is 5.53. The van der Waals surface area contributed by atoms with Crippen LogP contribution in [0.25, 0.3) is 11.0 Å². The second-order valence-corrected chi connectivity index (χ2v) is 6.62.